The molecule has 1 aromatic heterocycles. The molecule has 100 valence electrons. The third kappa shape index (κ3) is 3.60. The average Bonchev–Trinajstić information content (AvgIpc) is 2.43. The Morgan fingerprint density at radius 2 is 1.89 bits per heavy atom. The van der Waals surface area contributed by atoms with Crippen LogP contribution < -0.4 is 10.5 Å². The van der Waals surface area contributed by atoms with Crippen LogP contribution in [0.25, 0.3) is 0 Å². The largest absolute Gasteiger partial charge is 0.456 e. The molecule has 2 rings (SSSR count). The van der Waals surface area contributed by atoms with Crippen molar-refractivity contribution in [3.8, 4) is 11.5 Å². The van der Waals surface area contributed by atoms with Crippen LogP contribution in [0, 0.1) is 0 Å². The number of benzene rings is 1. The minimum Gasteiger partial charge on any atom is -0.456 e. The van der Waals surface area contributed by atoms with Crippen molar-refractivity contribution >= 4 is 23.2 Å². The highest BCUT2D eigenvalue weighted by Gasteiger charge is 2.06. The lowest BCUT2D eigenvalue weighted by Crippen LogP contribution is -2.10. The molecule has 0 aliphatic carbocycles. The van der Waals surface area contributed by atoms with E-state index in [4.69, 9.17) is 33.7 Å². The van der Waals surface area contributed by atoms with Crippen molar-refractivity contribution in [3.63, 3.8) is 0 Å². The van der Waals surface area contributed by atoms with Crippen molar-refractivity contribution in [2.24, 2.45) is 5.73 Å². The molecule has 0 fully saturated rings. The maximum atomic E-state index is 5.92. The van der Waals surface area contributed by atoms with E-state index in [-0.39, 0.29) is 6.04 Å². The van der Waals surface area contributed by atoms with Gasteiger partial charge in [0.1, 0.15) is 11.5 Å². The molecule has 0 amide bonds. The molecular formula is C14H14Cl2N2O. The Balaban J connectivity index is 2.12. The molecular weight excluding hydrogens is 283 g/mol. The van der Waals surface area contributed by atoms with Crippen LogP contribution in [0.3, 0.4) is 0 Å². The van der Waals surface area contributed by atoms with Gasteiger partial charge in [0.25, 0.3) is 0 Å². The van der Waals surface area contributed by atoms with Crippen LogP contribution >= 0.6 is 23.2 Å². The molecule has 0 bridgehead atoms. The Hall–Kier alpha value is -1.29. The van der Waals surface area contributed by atoms with Crippen molar-refractivity contribution in [3.05, 3.63) is 52.3 Å². The first-order valence-electron chi connectivity index (χ1n) is 5.94. The summed E-state index contributed by atoms with van der Waals surface area (Å²) in [6.45, 7) is 2.02. The van der Waals surface area contributed by atoms with E-state index in [1.165, 1.54) is 0 Å². The van der Waals surface area contributed by atoms with E-state index in [9.17, 15) is 0 Å². The summed E-state index contributed by atoms with van der Waals surface area (Å²) in [4.78, 5) is 4.28. The maximum absolute atomic E-state index is 5.92. The first-order chi connectivity index (χ1) is 9.10. The quantitative estimate of drug-likeness (QED) is 0.897. The van der Waals surface area contributed by atoms with E-state index >= 15 is 0 Å². The van der Waals surface area contributed by atoms with Crippen LogP contribution in [-0.4, -0.2) is 4.98 Å². The molecule has 0 radical (unpaired) electrons. The van der Waals surface area contributed by atoms with Crippen LogP contribution in [0.4, 0.5) is 0 Å². The second-order valence-electron chi connectivity index (χ2n) is 4.11. The number of nitrogens with two attached hydrogens (primary N) is 1. The monoisotopic (exact) mass is 296 g/mol. The molecule has 2 N–H and O–H groups in total. The fourth-order valence-electron chi connectivity index (χ4n) is 1.56. The minimum absolute atomic E-state index is 0.0426. The summed E-state index contributed by atoms with van der Waals surface area (Å²) in [5.74, 6) is 1.24. The Morgan fingerprint density at radius 3 is 2.47 bits per heavy atom. The van der Waals surface area contributed by atoms with Gasteiger partial charge in [-0.1, -0.05) is 30.1 Å². The molecule has 0 saturated carbocycles. The number of nitrogens with zero attached hydrogens (tertiary/aromatic N) is 1. The van der Waals surface area contributed by atoms with Gasteiger partial charge in [-0.2, -0.15) is 0 Å². The zero-order valence-electron chi connectivity index (χ0n) is 10.4. The fraction of sp³-hybridized carbons (Fsp3) is 0.214. The Labute approximate surface area is 122 Å². The van der Waals surface area contributed by atoms with Gasteiger partial charge in [-0.3, -0.25) is 4.98 Å². The van der Waals surface area contributed by atoms with Gasteiger partial charge in [0, 0.05) is 12.1 Å². The molecule has 1 aromatic carbocycles. The summed E-state index contributed by atoms with van der Waals surface area (Å²) in [6.07, 6.45) is 2.49. The second kappa shape index (κ2) is 6.24. The molecule has 1 heterocycles. The van der Waals surface area contributed by atoms with Crippen molar-refractivity contribution < 1.29 is 4.74 Å². The summed E-state index contributed by atoms with van der Waals surface area (Å²) < 4.78 is 5.64. The zero-order chi connectivity index (χ0) is 13.8. The molecule has 0 saturated heterocycles. The highest BCUT2D eigenvalue weighted by molar-refractivity contribution is 6.42. The SMILES string of the molecule is CCC(N)c1ccc(Oc2ccc(Cl)c(Cl)c2)cn1. The number of hydrogen-bond acceptors (Lipinski definition) is 3. The normalized spacial score (nSPS) is 12.2. The van der Waals surface area contributed by atoms with Crippen molar-refractivity contribution in [1.29, 1.82) is 0 Å². The predicted molar refractivity (Wildman–Crippen MR) is 78.0 cm³/mol. The van der Waals surface area contributed by atoms with Gasteiger partial charge < -0.3 is 10.5 Å². The molecule has 1 atom stereocenters. The van der Waals surface area contributed by atoms with E-state index in [1.54, 1.807) is 24.4 Å². The van der Waals surface area contributed by atoms with E-state index in [2.05, 4.69) is 4.98 Å². The molecule has 5 heteroatoms. The van der Waals surface area contributed by atoms with E-state index in [0.717, 1.165) is 12.1 Å². The average molecular weight is 297 g/mol. The smallest absolute Gasteiger partial charge is 0.145 e. The molecule has 3 nitrogen and oxygen atoms in total. The van der Waals surface area contributed by atoms with Crippen molar-refractivity contribution in [2.45, 2.75) is 19.4 Å². The number of rotatable bonds is 4. The second-order valence-corrected chi connectivity index (χ2v) is 4.93. The van der Waals surface area contributed by atoms with Gasteiger partial charge in [0.2, 0.25) is 0 Å². The van der Waals surface area contributed by atoms with E-state index in [0.29, 0.717) is 21.5 Å². The summed E-state index contributed by atoms with van der Waals surface area (Å²) >= 11 is 11.8. The van der Waals surface area contributed by atoms with Crippen LogP contribution in [0.5, 0.6) is 11.5 Å². The number of aromatic nitrogens is 1. The summed E-state index contributed by atoms with van der Waals surface area (Å²) in [6, 6.07) is 8.75. The predicted octanol–water partition coefficient (Wildman–Crippen LogP) is 4.59. The number of hydrogen-bond donors (Lipinski definition) is 1. The summed E-state index contributed by atoms with van der Waals surface area (Å²) in [7, 11) is 0. The lowest BCUT2D eigenvalue weighted by atomic mass is 10.1. The topological polar surface area (TPSA) is 48.1 Å². The Morgan fingerprint density at radius 1 is 1.16 bits per heavy atom. The number of halogens is 2. The summed E-state index contributed by atoms with van der Waals surface area (Å²) in [5.41, 5.74) is 6.75. The molecule has 2 aromatic rings. The Bertz CT molecular complexity index is 558. The lowest BCUT2D eigenvalue weighted by Gasteiger charge is -2.10. The summed E-state index contributed by atoms with van der Waals surface area (Å²) in [5, 5.41) is 0.952. The van der Waals surface area contributed by atoms with Crippen LogP contribution in [0.1, 0.15) is 25.1 Å². The Kier molecular flexibility index (Phi) is 4.64. The maximum Gasteiger partial charge on any atom is 0.145 e. The third-order valence-corrected chi connectivity index (χ3v) is 3.44. The number of pyridine rings is 1. The van der Waals surface area contributed by atoms with Crippen LogP contribution in [0.15, 0.2) is 36.5 Å². The van der Waals surface area contributed by atoms with Crippen molar-refractivity contribution in [1.82, 2.24) is 4.98 Å². The first-order valence-corrected chi connectivity index (χ1v) is 6.70. The first kappa shape index (κ1) is 14.1. The van der Waals surface area contributed by atoms with Gasteiger partial charge in [0.05, 0.1) is 21.9 Å². The van der Waals surface area contributed by atoms with Gasteiger partial charge in [-0.15, -0.1) is 0 Å². The zero-order valence-corrected chi connectivity index (χ0v) is 11.9. The molecule has 0 spiro atoms. The van der Waals surface area contributed by atoms with Crippen LogP contribution in [0.2, 0.25) is 10.0 Å². The molecule has 0 aliphatic rings. The van der Waals surface area contributed by atoms with Crippen molar-refractivity contribution in [2.75, 3.05) is 0 Å². The third-order valence-electron chi connectivity index (χ3n) is 2.71. The minimum atomic E-state index is -0.0426. The molecule has 19 heavy (non-hydrogen) atoms. The van der Waals surface area contributed by atoms with Gasteiger partial charge in [-0.25, -0.2) is 0 Å². The fourth-order valence-corrected chi connectivity index (χ4v) is 1.85. The molecule has 0 aliphatic heterocycles. The number of ether oxygens (including phenoxy) is 1. The van der Waals surface area contributed by atoms with Gasteiger partial charge >= 0.3 is 0 Å². The van der Waals surface area contributed by atoms with Crippen LogP contribution in [-0.2, 0) is 0 Å². The highest BCUT2D eigenvalue weighted by Crippen LogP contribution is 2.29. The van der Waals surface area contributed by atoms with E-state index < -0.39 is 0 Å². The van der Waals surface area contributed by atoms with Gasteiger partial charge in [0.15, 0.2) is 0 Å². The van der Waals surface area contributed by atoms with E-state index in [1.807, 2.05) is 19.1 Å². The lowest BCUT2D eigenvalue weighted by molar-refractivity contribution is 0.479. The highest BCUT2D eigenvalue weighted by atomic mass is 35.5. The molecule has 1 unspecified atom stereocenters. The standard InChI is InChI=1S/C14H14Cl2N2O/c1-2-13(17)14-6-4-10(8-18-14)19-9-3-5-11(15)12(16)7-9/h3-8,13H,2,17H2,1H3. The van der Waals surface area contributed by atoms with Gasteiger partial charge in [-0.05, 0) is 30.7 Å².